The minimum atomic E-state index is 0.896. The van der Waals surface area contributed by atoms with Gasteiger partial charge in [-0.25, -0.2) is 0 Å². The maximum atomic E-state index is 6.16. The predicted octanol–water partition coefficient (Wildman–Crippen LogP) is 4.43. The third-order valence-electron chi connectivity index (χ3n) is 2.16. The van der Waals surface area contributed by atoms with Crippen LogP contribution in [0.25, 0.3) is 10.1 Å². The highest BCUT2D eigenvalue weighted by molar-refractivity contribution is 7.19. The second-order valence-electron chi connectivity index (χ2n) is 3.21. The Kier molecular flexibility index (Phi) is 2.31. The van der Waals surface area contributed by atoms with Gasteiger partial charge in [0.05, 0.1) is 9.72 Å². The SMILES string of the molecule is CCc1cc(Cl)c2sc(C)cc2c1. The Hall–Kier alpha value is -0.530. The largest absolute Gasteiger partial charge is 0.139 e. The summed E-state index contributed by atoms with van der Waals surface area (Å²) >= 11 is 7.93. The van der Waals surface area contributed by atoms with Gasteiger partial charge in [-0.1, -0.05) is 24.6 Å². The first-order valence-corrected chi connectivity index (χ1v) is 5.58. The Balaban J connectivity index is 2.75. The number of aryl methyl sites for hydroxylation is 2. The van der Waals surface area contributed by atoms with Gasteiger partial charge >= 0.3 is 0 Å². The van der Waals surface area contributed by atoms with Crippen LogP contribution >= 0.6 is 22.9 Å². The molecule has 1 aromatic carbocycles. The van der Waals surface area contributed by atoms with Crippen LogP contribution in [0, 0.1) is 6.92 Å². The molecule has 0 nitrogen and oxygen atoms in total. The molecule has 1 aromatic heterocycles. The minimum Gasteiger partial charge on any atom is -0.139 e. The predicted molar refractivity (Wildman–Crippen MR) is 61.0 cm³/mol. The van der Waals surface area contributed by atoms with E-state index in [4.69, 9.17) is 11.6 Å². The summed E-state index contributed by atoms with van der Waals surface area (Å²) in [4.78, 5) is 1.32. The number of thiophene rings is 1. The molecule has 13 heavy (non-hydrogen) atoms. The molecule has 0 bridgehead atoms. The molecule has 0 aliphatic rings. The lowest BCUT2D eigenvalue weighted by Crippen LogP contribution is -1.78. The highest BCUT2D eigenvalue weighted by Gasteiger charge is 2.04. The molecule has 0 atom stereocenters. The second kappa shape index (κ2) is 3.32. The monoisotopic (exact) mass is 210 g/mol. The summed E-state index contributed by atoms with van der Waals surface area (Å²) in [5.41, 5.74) is 1.32. The zero-order chi connectivity index (χ0) is 9.42. The molecule has 0 saturated heterocycles. The van der Waals surface area contributed by atoms with Crippen molar-refractivity contribution in [2.45, 2.75) is 20.3 Å². The molecule has 0 aliphatic heterocycles. The van der Waals surface area contributed by atoms with Gasteiger partial charge in [-0.05, 0) is 36.4 Å². The van der Waals surface area contributed by atoms with Crippen LogP contribution in [0.2, 0.25) is 5.02 Å². The summed E-state index contributed by atoms with van der Waals surface area (Å²) < 4.78 is 1.22. The van der Waals surface area contributed by atoms with E-state index < -0.39 is 0 Å². The van der Waals surface area contributed by atoms with Gasteiger partial charge < -0.3 is 0 Å². The Labute approximate surface area is 87.2 Å². The summed E-state index contributed by atoms with van der Waals surface area (Å²) in [5.74, 6) is 0. The first-order valence-electron chi connectivity index (χ1n) is 4.39. The molecule has 1 heterocycles. The van der Waals surface area contributed by atoms with E-state index in [0.717, 1.165) is 11.4 Å². The van der Waals surface area contributed by atoms with E-state index in [1.54, 1.807) is 11.3 Å². The summed E-state index contributed by atoms with van der Waals surface area (Å²) in [6, 6.07) is 6.50. The Morgan fingerprint density at radius 1 is 1.31 bits per heavy atom. The topological polar surface area (TPSA) is 0 Å². The van der Waals surface area contributed by atoms with E-state index >= 15 is 0 Å². The van der Waals surface area contributed by atoms with E-state index in [0.29, 0.717) is 0 Å². The van der Waals surface area contributed by atoms with Crippen molar-refractivity contribution in [1.29, 1.82) is 0 Å². The summed E-state index contributed by atoms with van der Waals surface area (Å²) in [5, 5.41) is 2.18. The average Bonchev–Trinajstić information content (AvgIpc) is 2.46. The van der Waals surface area contributed by atoms with Crippen molar-refractivity contribution in [3.05, 3.63) is 33.7 Å². The van der Waals surface area contributed by atoms with Crippen LogP contribution in [-0.2, 0) is 6.42 Å². The van der Waals surface area contributed by atoms with Crippen LogP contribution < -0.4 is 0 Å². The molecule has 0 spiro atoms. The van der Waals surface area contributed by atoms with Gasteiger partial charge in [0.25, 0.3) is 0 Å². The lowest BCUT2D eigenvalue weighted by atomic mass is 10.1. The van der Waals surface area contributed by atoms with Crippen molar-refractivity contribution < 1.29 is 0 Å². The molecule has 0 amide bonds. The quantitative estimate of drug-likeness (QED) is 0.654. The molecule has 0 radical (unpaired) electrons. The molecule has 68 valence electrons. The first kappa shape index (κ1) is 9.04. The molecular weight excluding hydrogens is 200 g/mol. The molecule has 0 N–H and O–H groups in total. The van der Waals surface area contributed by atoms with Crippen molar-refractivity contribution in [3.63, 3.8) is 0 Å². The fourth-order valence-electron chi connectivity index (χ4n) is 1.50. The maximum absolute atomic E-state index is 6.16. The van der Waals surface area contributed by atoms with Gasteiger partial charge in [-0.2, -0.15) is 0 Å². The molecule has 0 fully saturated rings. The van der Waals surface area contributed by atoms with E-state index in [2.05, 4.69) is 32.0 Å². The van der Waals surface area contributed by atoms with Gasteiger partial charge in [-0.3, -0.25) is 0 Å². The van der Waals surface area contributed by atoms with Crippen molar-refractivity contribution in [2.75, 3.05) is 0 Å². The Morgan fingerprint density at radius 3 is 2.77 bits per heavy atom. The van der Waals surface area contributed by atoms with Gasteiger partial charge in [-0.15, -0.1) is 11.3 Å². The average molecular weight is 211 g/mol. The number of rotatable bonds is 1. The smallest absolute Gasteiger partial charge is 0.0587 e. The first-order chi connectivity index (χ1) is 6.20. The maximum Gasteiger partial charge on any atom is 0.0587 e. The zero-order valence-corrected chi connectivity index (χ0v) is 9.30. The zero-order valence-electron chi connectivity index (χ0n) is 7.73. The van der Waals surface area contributed by atoms with Gasteiger partial charge in [0, 0.05) is 4.88 Å². The number of benzene rings is 1. The number of fused-ring (bicyclic) bond motifs is 1. The van der Waals surface area contributed by atoms with Crippen LogP contribution in [0.1, 0.15) is 17.4 Å². The third kappa shape index (κ3) is 1.59. The molecule has 0 unspecified atom stereocenters. The lowest BCUT2D eigenvalue weighted by molar-refractivity contribution is 1.15. The highest BCUT2D eigenvalue weighted by atomic mass is 35.5. The van der Waals surface area contributed by atoms with Gasteiger partial charge in [0.2, 0.25) is 0 Å². The van der Waals surface area contributed by atoms with E-state index in [1.807, 2.05) is 0 Å². The molecule has 2 aromatic rings. The number of hydrogen-bond donors (Lipinski definition) is 0. The summed E-state index contributed by atoms with van der Waals surface area (Å²) in [6.45, 7) is 4.27. The number of hydrogen-bond acceptors (Lipinski definition) is 1. The number of halogens is 1. The van der Waals surface area contributed by atoms with E-state index in [1.165, 1.54) is 20.5 Å². The lowest BCUT2D eigenvalue weighted by Gasteiger charge is -1.98. The summed E-state index contributed by atoms with van der Waals surface area (Å²) in [7, 11) is 0. The molecule has 0 saturated carbocycles. The Bertz CT molecular complexity index is 443. The van der Waals surface area contributed by atoms with Crippen LogP contribution in [0.5, 0.6) is 0 Å². The van der Waals surface area contributed by atoms with E-state index in [-0.39, 0.29) is 0 Å². The van der Waals surface area contributed by atoms with Gasteiger partial charge in [0.1, 0.15) is 0 Å². The van der Waals surface area contributed by atoms with Crippen LogP contribution in [-0.4, -0.2) is 0 Å². The van der Waals surface area contributed by atoms with Crippen molar-refractivity contribution in [2.24, 2.45) is 0 Å². The van der Waals surface area contributed by atoms with E-state index in [9.17, 15) is 0 Å². The minimum absolute atomic E-state index is 0.896. The molecule has 2 heteroatoms. The summed E-state index contributed by atoms with van der Waals surface area (Å²) in [6.07, 6.45) is 1.05. The molecule has 2 rings (SSSR count). The fraction of sp³-hybridized carbons (Fsp3) is 0.273. The van der Waals surface area contributed by atoms with Crippen molar-refractivity contribution in [3.8, 4) is 0 Å². The Morgan fingerprint density at radius 2 is 2.08 bits per heavy atom. The second-order valence-corrected chi connectivity index (χ2v) is 4.87. The normalized spacial score (nSPS) is 11.0. The fourth-order valence-corrected chi connectivity index (χ4v) is 2.77. The molecular formula is C11H11ClS. The molecule has 0 aliphatic carbocycles. The standard InChI is InChI=1S/C11H11ClS/c1-3-8-5-9-4-7(2)13-11(9)10(12)6-8/h4-6H,3H2,1-2H3. The van der Waals surface area contributed by atoms with Crippen molar-refractivity contribution >= 4 is 33.0 Å². The van der Waals surface area contributed by atoms with Gasteiger partial charge in [0.15, 0.2) is 0 Å². The van der Waals surface area contributed by atoms with Crippen LogP contribution in [0.15, 0.2) is 18.2 Å². The highest BCUT2D eigenvalue weighted by Crippen LogP contribution is 2.32. The van der Waals surface area contributed by atoms with Crippen molar-refractivity contribution in [1.82, 2.24) is 0 Å². The third-order valence-corrected chi connectivity index (χ3v) is 3.67. The van der Waals surface area contributed by atoms with Crippen LogP contribution in [0.3, 0.4) is 0 Å². The van der Waals surface area contributed by atoms with Crippen LogP contribution in [0.4, 0.5) is 0 Å².